The van der Waals surface area contributed by atoms with Crippen LogP contribution in [-0.2, 0) is 17.7 Å². The van der Waals surface area contributed by atoms with E-state index in [0.29, 0.717) is 5.41 Å². The van der Waals surface area contributed by atoms with Crippen molar-refractivity contribution in [1.29, 1.82) is 0 Å². The topological polar surface area (TPSA) is 21.3 Å². The van der Waals surface area contributed by atoms with Gasteiger partial charge in [0.2, 0.25) is 0 Å². The van der Waals surface area contributed by atoms with Gasteiger partial charge in [-0.3, -0.25) is 0 Å². The maximum atomic E-state index is 5.43. The molecular formula is C16H25NO. The minimum absolute atomic E-state index is 0.418. The molecule has 1 N–H and O–H groups in total. The van der Waals surface area contributed by atoms with Crippen LogP contribution < -0.4 is 5.32 Å². The van der Waals surface area contributed by atoms with Gasteiger partial charge in [0.1, 0.15) is 0 Å². The molecular weight excluding hydrogens is 222 g/mol. The highest BCUT2D eigenvalue weighted by Crippen LogP contribution is 2.28. The average Bonchev–Trinajstić information content (AvgIpc) is 2.40. The lowest BCUT2D eigenvalue weighted by atomic mass is 9.82. The summed E-state index contributed by atoms with van der Waals surface area (Å²) >= 11 is 0. The number of ether oxygens (including phenoxy) is 1. The third-order valence-electron chi connectivity index (χ3n) is 4.01. The highest BCUT2D eigenvalue weighted by atomic mass is 16.5. The van der Waals surface area contributed by atoms with Crippen LogP contribution in [0.4, 0.5) is 0 Å². The van der Waals surface area contributed by atoms with Gasteiger partial charge in [0.25, 0.3) is 0 Å². The van der Waals surface area contributed by atoms with Gasteiger partial charge in [-0.1, -0.05) is 38.1 Å². The van der Waals surface area contributed by atoms with Crippen molar-refractivity contribution in [1.82, 2.24) is 5.32 Å². The summed E-state index contributed by atoms with van der Waals surface area (Å²) in [5.41, 5.74) is 3.21. The maximum absolute atomic E-state index is 5.43. The van der Waals surface area contributed by atoms with Crippen molar-refractivity contribution in [3.8, 4) is 0 Å². The van der Waals surface area contributed by atoms with Gasteiger partial charge in [-0.15, -0.1) is 0 Å². The molecule has 0 saturated carbocycles. The smallest absolute Gasteiger partial charge is 0.0471 e. The van der Waals surface area contributed by atoms with Gasteiger partial charge in [0.05, 0.1) is 0 Å². The molecule has 2 rings (SSSR count). The summed E-state index contributed by atoms with van der Waals surface area (Å²) in [6.07, 6.45) is 3.47. The highest BCUT2D eigenvalue weighted by molar-refractivity contribution is 5.22. The zero-order valence-corrected chi connectivity index (χ0v) is 11.7. The molecule has 0 bridgehead atoms. The standard InChI is InChI=1S/C16H25NO/c1-3-14-4-6-15(7-5-14)12-17-13-16(2)8-10-18-11-9-16/h4-7,17H,3,8-13H2,1-2H3. The van der Waals surface area contributed by atoms with E-state index in [0.717, 1.165) is 32.7 Å². The van der Waals surface area contributed by atoms with Crippen LogP contribution in [0.1, 0.15) is 37.8 Å². The molecule has 1 saturated heterocycles. The Hall–Kier alpha value is -0.860. The minimum atomic E-state index is 0.418. The van der Waals surface area contributed by atoms with Crippen LogP contribution in [0, 0.1) is 5.41 Å². The lowest BCUT2D eigenvalue weighted by Gasteiger charge is -2.33. The number of hydrogen-bond donors (Lipinski definition) is 1. The minimum Gasteiger partial charge on any atom is -0.381 e. The zero-order chi connectivity index (χ0) is 12.8. The molecule has 0 atom stereocenters. The Bertz CT molecular complexity index is 352. The van der Waals surface area contributed by atoms with E-state index in [9.17, 15) is 0 Å². The fourth-order valence-electron chi connectivity index (χ4n) is 2.44. The van der Waals surface area contributed by atoms with Crippen LogP contribution in [0.25, 0.3) is 0 Å². The molecule has 1 aromatic rings. The average molecular weight is 247 g/mol. The summed E-state index contributed by atoms with van der Waals surface area (Å²) in [6.45, 7) is 8.46. The number of hydrogen-bond acceptors (Lipinski definition) is 2. The van der Waals surface area contributed by atoms with E-state index in [1.54, 1.807) is 0 Å². The first-order valence-electron chi connectivity index (χ1n) is 7.08. The molecule has 0 aliphatic carbocycles. The van der Waals surface area contributed by atoms with Crippen LogP contribution in [0.2, 0.25) is 0 Å². The second kappa shape index (κ2) is 6.35. The first-order valence-corrected chi connectivity index (χ1v) is 7.08. The molecule has 100 valence electrons. The summed E-state index contributed by atoms with van der Waals surface area (Å²) in [6, 6.07) is 8.93. The lowest BCUT2D eigenvalue weighted by Crippen LogP contribution is -2.36. The number of nitrogens with one attached hydrogen (secondary N) is 1. The normalized spacial score (nSPS) is 18.8. The zero-order valence-electron chi connectivity index (χ0n) is 11.7. The fourth-order valence-corrected chi connectivity index (χ4v) is 2.44. The van der Waals surface area contributed by atoms with Gasteiger partial charge in [-0.25, -0.2) is 0 Å². The molecule has 0 aromatic heterocycles. The Labute approximate surface area is 111 Å². The molecule has 0 unspecified atom stereocenters. The van der Waals surface area contributed by atoms with Gasteiger partial charge in [-0.05, 0) is 35.8 Å². The molecule has 1 aliphatic rings. The van der Waals surface area contributed by atoms with Crippen molar-refractivity contribution in [3.05, 3.63) is 35.4 Å². The lowest BCUT2D eigenvalue weighted by molar-refractivity contribution is 0.0240. The van der Waals surface area contributed by atoms with Gasteiger partial charge in [0, 0.05) is 26.3 Å². The number of aryl methyl sites for hydroxylation is 1. The third kappa shape index (κ3) is 3.82. The SMILES string of the molecule is CCc1ccc(CNCC2(C)CCOCC2)cc1. The molecule has 0 spiro atoms. The maximum Gasteiger partial charge on any atom is 0.0471 e. The van der Waals surface area contributed by atoms with E-state index in [4.69, 9.17) is 4.74 Å². The molecule has 2 nitrogen and oxygen atoms in total. The Morgan fingerprint density at radius 3 is 2.33 bits per heavy atom. The van der Waals surface area contributed by atoms with E-state index < -0.39 is 0 Å². The Balaban J connectivity index is 1.77. The Morgan fingerprint density at radius 2 is 1.72 bits per heavy atom. The number of benzene rings is 1. The molecule has 0 radical (unpaired) electrons. The molecule has 1 aromatic carbocycles. The third-order valence-corrected chi connectivity index (χ3v) is 4.01. The Morgan fingerprint density at radius 1 is 1.11 bits per heavy atom. The summed E-state index contributed by atoms with van der Waals surface area (Å²) in [7, 11) is 0. The number of rotatable bonds is 5. The molecule has 0 amide bonds. The van der Waals surface area contributed by atoms with Crippen LogP contribution in [0.3, 0.4) is 0 Å². The second-order valence-corrected chi connectivity index (χ2v) is 5.70. The van der Waals surface area contributed by atoms with Crippen molar-refractivity contribution >= 4 is 0 Å². The van der Waals surface area contributed by atoms with E-state index in [2.05, 4.69) is 43.4 Å². The van der Waals surface area contributed by atoms with Crippen molar-refractivity contribution < 1.29 is 4.74 Å². The van der Waals surface area contributed by atoms with Gasteiger partial charge >= 0.3 is 0 Å². The predicted molar refractivity (Wildman–Crippen MR) is 75.7 cm³/mol. The van der Waals surface area contributed by atoms with Crippen LogP contribution >= 0.6 is 0 Å². The molecule has 18 heavy (non-hydrogen) atoms. The van der Waals surface area contributed by atoms with Crippen molar-refractivity contribution in [2.24, 2.45) is 5.41 Å². The summed E-state index contributed by atoms with van der Waals surface area (Å²) in [5.74, 6) is 0. The van der Waals surface area contributed by atoms with Crippen molar-refractivity contribution in [3.63, 3.8) is 0 Å². The van der Waals surface area contributed by atoms with E-state index >= 15 is 0 Å². The quantitative estimate of drug-likeness (QED) is 0.863. The van der Waals surface area contributed by atoms with Gasteiger partial charge < -0.3 is 10.1 Å². The molecule has 1 aliphatic heterocycles. The Kier molecular flexibility index (Phi) is 4.79. The van der Waals surface area contributed by atoms with Crippen molar-refractivity contribution in [2.75, 3.05) is 19.8 Å². The highest BCUT2D eigenvalue weighted by Gasteiger charge is 2.26. The largest absolute Gasteiger partial charge is 0.381 e. The predicted octanol–water partition coefficient (Wildman–Crippen LogP) is 3.16. The van der Waals surface area contributed by atoms with E-state index in [1.807, 2.05) is 0 Å². The monoisotopic (exact) mass is 247 g/mol. The fraction of sp³-hybridized carbons (Fsp3) is 0.625. The first kappa shape index (κ1) is 13.6. The van der Waals surface area contributed by atoms with Crippen molar-refractivity contribution in [2.45, 2.75) is 39.7 Å². The molecule has 2 heteroatoms. The van der Waals surface area contributed by atoms with Crippen LogP contribution in [-0.4, -0.2) is 19.8 Å². The first-order chi connectivity index (χ1) is 8.72. The van der Waals surface area contributed by atoms with Gasteiger partial charge in [0.15, 0.2) is 0 Å². The molecule has 1 fully saturated rings. The second-order valence-electron chi connectivity index (χ2n) is 5.70. The van der Waals surface area contributed by atoms with E-state index in [1.165, 1.54) is 24.0 Å². The molecule has 1 heterocycles. The summed E-state index contributed by atoms with van der Waals surface area (Å²) in [4.78, 5) is 0. The van der Waals surface area contributed by atoms with Crippen LogP contribution in [0.5, 0.6) is 0 Å². The summed E-state index contributed by atoms with van der Waals surface area (Å²) < 4.78 is 5.43. The van der Waals surface area contributed by atoms with E-state index in [-0.39, 0.29) is 0 Å². The van der Waals surface area contributed by atoms with Crippen LogP contribution in [0.15, 0.2) is 24.3 Å². The summed E-state index contributed by atoms with van der Waals surface area (Å²) in [5, 5.41) is 3.59. The van der Waals surface area contributed by atoms with Gasteiger partial charge in [-0.2, -0.15) is 0 Å².